The van der Waals surface area contributed by atoms with Crippen LogP contribution in [-0.4, -0.2) is 42.7 Å². The van der Waals surface area contributed by atoms with E-state index in [9.17, 15) is 0 Å². The maximum atomic E-state index is 5.67. The zero-order valence-corrected chi connectivity index (χ0v) is 10.6. The highest BCUT2D eigenvalue weighted by Gasteiger charge is 2.20. The van der Waals surface area contributed by atoms with E-state index in [1.54, 1.807) is 6.20 Å². The van der Waals surface area contributed by atoms with Gasteiger partial charge < -0.3 is 10.1 Å². The molecule has 0 radical (unpaired) electrons. The molecule has 1 aliphatic rings. The summed E-state index contributed by atoms with van der Waals surface area (Å²) in [5, 5.41) is 3.37. The smallest absolute Gasteiger partial charge is 0.127 e. The van der Waals surface area contributed by atoms with Crippen LogP contribution in [0.25, 0.3) is 0 Å². The van der Waals surface area contributed by atoms with E-state index >= 15 is 0 Å². The van der Waals surface area contributed by atoms with Gasteiger partial charge in [0.05, 0.1) is 6.61 Å². The number of pyridine rings is 1. The van der Waals surface area contributed by atoms with E-state index in [-0.39, 0.29) is 0 Å². The minimum Gasteiger partial charge on any atom is -0.493 e. The van der Waals surface area contributed by atoms with Gasteiger partial charge in [-0.15, -0.1) is 0 Å². The summed E-state index contributed by atoms with van der Waals surface area (Å²) in [7, 11) is 0. The summed E-state index contributed by atoms with van der Waals surface area (Å²) in [6.45, 7) is 9.24. The monoisotopic (exact) mass is 235 g/mol. The first-order valence-electron chi connectivity index (χ1n) is 6.34. The van der Waals surface area contributed by atoms with Crippen LogP contribution < -0.4 is 10.1 Å². The highest BCUT2D eigenvalue weighted by Crippen LogP contribution is 2.28. The van der Waals surface area contributed by atoms with Crippen LogP contribution in [0, 0.1) is 0 Å². The molecule has 4 heteroatoms. The zero-order valence-electron chi connectivity index (χ0n) is 10.6. The molecule has 1 saturated heterocycles. The molecular formula is C13H21N3O. The maximum absolute atomic E-state index is 5.67. The average Bonchev–Trinajstić information content (AvgIpc) is 2.40. The second kappa shape index (κ2) is 5.98. The van der Waals surface area contributed by atoms with Gasteiger partial charge in [0.25, 0.3) is 0 Å². The van der Waals surface area contributed by atoms with E-state index in [0.29, 0.717) is 12.6 Å². The van der Waals surface area contributed by atoms with Crippen LogP contribution in [0.15, 0.2) is 18.5 Å². The van der Waals surface area contributed by atoms with Gasteiger partial charge in [-0.1, -0.05) is 0 Å². The Kier molecular flexibility index (Phi) is 4.34. The molecule has 1 fully saturated rings. The van der Waals surface area contributed by atoms with Gasteiger partial charge in [0.2, 0.25) is 0 Å². The highest BCUT2D eigenvalue weighted by molar-refractivity contribution is 5.32. The lowest BCUT2D eigenvalue weighted by Crippen LogP contribution is -2.44. The van der Waals surface area contributed by atoms with E-state index < -0.39 is 0 Å². The standard InChI is InChI=1S/C13H21N3O/c1-3-17-13-4-5-15-10-12(13)11(2)16-8-6-14-7-9-16/h4-5,10-11,14H,3,6-9H2,1-2H3. The number of hydrogen-bond acceptors (Lipinski definition) is 4. The molecule has 0 aliphatic carbocycles. The molecule has 0 amide bonds. The van der Waals surface area contributed by atoms with E-state index in [2.05, 4.69) is 22.1 Å². The molecule has 0 spiro atoms. The summed E-state index contributed by atoms with van der Waals surface area (Å²) in [5.74, 6) is 0.966. The van der Waals surface area contributed by atoms with Crippen LogP contribution in [0.3, 0.4) is 0 Å². The van der Waals surface area contributed by atoms with Crippen molar-refractivity contribution in [3.63, 3.8) is 0 Å². The van der Waals surface area contributed by atoms with Crippen LogP contribution in [0.2, 0.25) is 0 Å². The molecule has 1 aromatic rings. The van der Waals surface area contributed by atoms with E-state index in [0.717, 1.165) is 31.9 Å². The first-order chi connectivity index (χ1) is 8.33. The zero-order chi connectivity index (χ0) is 12.1. The van der Waals surface area contributed by atoms with Gasteiger partial charge in [-0.2, -0.15) is 0 Å². The molecule has 1 unspecified atom stereocenters. The first-order valence-corrected chi connectivity index (χ1v) is 6.34. The Morgan fingerprint density at radius 2 is 2.24 bits per heavy atom. The third-order valence-electron chi connectivity index (χ3n) is 3.26. The van der Waals surface area contributed by atoms with Gasteiger partial charge in [-0.3, -0.25) is 9.88 Å². The number of ether oxygens (including phenoxy) is 1. The lowest BCUT2D eigenvalue weighted by atomic mass is 10.1. The molecule has 0 saturated carbocycles. The van der Waals surface area contributed by atoms with Crippen molar-refractivity contribution in [1.29, 1.82) is 0 Å². The summed E-state index contributed by atoms with van der Waals surface area (Å²) >= 11 is 0. The predicted molar refractivity (Wildman–Crippen MR) is 68.3 cm³/mol. The van der Waals surface area contributed by atoms with Gasteiger partial charge in [0.15, 0.2) is 0 Å². The number of hydrogen-bond donors (Lipinski definition) is 1. The van der Waals surface area contributed by atoms with Crippen molar-refractivity contribution >= 4 is 0 Å². The minimum atomic E-state index is 0.368. The summed E-state index contributed by atoms with van der Waals surface area (Å²) in [6.07, 6.45) is 3.72. The van der Waals surface area contributed by atoms with Crippen LogP contribution in [0.1, 0.15) is 25.5 Å². The molecule has 0 aromatic carbocycles. The lowest BCUT2D eigenvalue weighted by Gasteiger charge is -2.33. The van der Waals surface area contributed by atoms with E-state index in [1.807, 2.05) is 19.2 Å². The second-order valence-electron chi connectivity index (χ2n) is 4.31. The number of nitrogens with zero attached hydrogens (tertiary/aromatic N) is 2. The largest absolute Gasteiger partial charge is 0.493 e. The lowest BCUT2D eigenvalue weighted by molar-refractivity contribution is 0.181. The normalized spacial score (nSPS) is 18.9. The van der Waals surface area contributed by atoms with Crippen LogP contribution in [0.5, 0.6) is 5.75 Å². The number of aromatic nitrogens is 1. The Morgan fingerprint density at radius 3 is 2.94 bits per heavy atom. The summed E-state index contributed by atoms with van der Waals surface area (Å²) in [4.78, 5) is 6.69. The molecule has 2 heterocycles. The maximum Gasteiger partial charge on any atom is 0.127 e. The Bertz CT molecular complexity index is 350. The van der Waals surface area contributed by atoms with Gasteiger partial charge in [-0.05, 0) is 19.9 Å². The van der Waals surface area contributed by atoms with Crippen LogP contribution in [0.4, 0.5) is 0 Å². The quantitative estimate of drug-likeness (QED) is 0.857. The van der Waals surface area contributed by atoms with Crippen molar-refractivity contribution in [3.05, 3.63) is 24.0 Å². The molecule has 94 valence electrons. The fourth-order valence-corrected chi connectivity index (χ4v) is 2.26. The Labute approximate surface area is 103 Å². The third kappa shape index (κ3) is 2.96. The highest BCUT2D eigenvalue weighted by atomic mass is 16.5. The molecule has 1 aliphatic heterocycles. The summed E-state index contributed by atoms with van der Waals surface area (Å²) < 4.78 is 5.67. The third-order valence-corrected chi connectivity index (χ3v) is 3.26. The Balaban J connectivity index is 2.14. The van der Waals surface area contributed by atoms with Gasteiger partial charge in [0, 0.05) is 50.2 Å². The number of rotatable bonds is 4. The number of nitrogens with one attached hydrogen (secondary N) is 1. The Hall–Kier alpha value is -1.13. The van der Waals surface area contributed by atoms with Crippen molar-refractivity contribution in [1.82, 2.24) is 15.2 Å². The van der Waals surface area contributed by atoms with Crippen LogP contribution >= 0.6 is 0 Å². The van der Waals surface area contributed by atoms with Crippen LogP contribution in [-0.2, 0) is 0 Å². The molecule has 1 aromatic heterocycles. The fourth-order valence-electron chi connectivity index (χ4n) is 2.26. The Morgan fingerprint density at radius 1 is 1.47 bits per heavy atom. The fraction of sp³-hybridized carbons (Fsp3) is 0.615. The van der Waals surface area contributed by atoms with Crippen molar-refractivity contribution in [3.8, 4) is 5.75 Å². The minimum absolute atomic E-state index is 0.368. The molecule has 2 rings (SSSR count). The van der Waals surface area contributed by atoms with Crippen molar-refractivity contribution in [2.45, 2.75) is 19.9 Å². The van der Waals surface area contributed by atoms with Gasteiger partial charge in [0.1, 0.15) is 5.75 Å². The summed E-state index contributed by atoms with van der Waals surface area (Å²) in [5.41, 5.74) is 1.19. The predicted octanol–water partition coefficient (Wildman–Crippen LogP) is 1.45. The van der Waals surface area contributed by atoms with Gasteiger partial charge >= 0.3 is 0 Å². The molecule has 1 N–H and O–H groups in total. The second-order valence-corrected chi connectivity index (χ2v) is 4.31. The first kappa shape index (κ1) is 12.3. The molecule has 17 heavy (non-hydrogen) atoms. The number of piperazine rings is 1. The molecule has 1 atom stereocenters. The summed E-state index contributed by atoms with van der Waals surface area (Å²) in [6, 6.07) is 2.32. The van der Waals surface area contributed by atoms with Crippen molar-refractivity contribution in [2.24, 2.45) is 0 Å². The SMILES string of the molecule is CCOc1ccncc1C(C)N1CCNCC1. The van der Waals surface area contributed by atoms with E-state index in [1.165, 1.54) is 5.56 Å². The molecule has 4 nitrogen and oxygen atoms in total. The van der Waals surface area contributed by atoms with E-state index in [4.69, 9.17) is 4.74 Å². The van der Waals surface area contributed by atoms with Crippen molar-refractivity contribution < 1.29 is 4.74 Å². The van der Waals surface area contributed by atoms with Gasteiger partial charge in [-0.25, -0.2) is 0 Å². The topological polar surface area (TPSA) is 37.4 Å². The molecular weight excluding hydrogens is 214 g/mol. The average molecular weight is 235 g/mol. The molecule has 0 bridgehead atoms. The van der Waals surface area contributed by atoms with Crippen molar-refractivity contribution in [2.75, 3.05) is 32.8 Å².